The van der Waals surface area contributed by atoms with Crippen molar-refractivity contribution < 1.29 is 13.2 Å². The van der Waals surface area contributed by atoms with Crippen LogP contribution in [0, 0.1) is 5.92 Å². The Hall–Kier alpha value is -0.620. The smallest absolute Gasteiger partial charge is 0.227 e. The van der Waals surface area contributed by atoms with E-state index >= 15 is 0 Å². The number of nitrogens with zero attached hydrogens (tertiary/aromatic N) is 1. The molecule has 0 radical (unpaired) electrons. The van der Waals surface area contributed by atoms with Crippen LogP contribution in [0.1, 0.15) is 32.6 Å². The Morgan fingerprint density at radius 3 is 2.50 bits per heavy atom. The van der Waals surface area contributed by atoms with Crippen LogP contribution < -0.4 is 5.73 Å². The van der Waals surface area contributed by atoms with Crippen LogP contribution in [-0.2, 0) is 14.6 Å². The van der Waals surface area contributed by atoms with Crippen LogP contribution in [0.3, 0.4) is 0 Å². The van der Waals surface area contributed by atoms with E-state index in [1.54, 1.807) is 4.90 Å². The molecule has 2 fully saturated rings. The maximum atomic E-state index is 12.4. The molecule has 2 rings (SSSR count). The molecule has 1 heterocycles. The predicted molar refractivity (Wildman–Crippen MR) is 69.8 cm³/mol. The van der Waals surface area contributed by atoms with E-state index in [2.05, 4.69) is 0 Å². The van der Waals surface area contributed by atoms with Crippen LogP contribution in [0.2, 0.25) is 0 Å². The van der Waals surface area contributed by atoms with Crippen molar-refractivity contribution in [3.63, 3.8) is 0 Å². The molecule has 3 atom stereocenters. The first-order chi connectivity index (χ1) is 8.44. The number of carbonyl (C=O) groups is 1. The van der Waals surface area contributed by atoms with Crippen LogP contribution in [0.4, 0.5) is 0 Å². The molecule has 5 nitrogen and oxygen atoms in total. The van der Waals surface area contributed by atoms with E-state index in [0.29, 0.717) is 13.0 Å². The Kier molecular flexibility index (Phi) is 3.96. The quantitative estimate of drug-likeness (QED) is 0.794. The number of hydrogen-bond donors (Lipinski definition) is 1. The zero-order valence-electron chi connectivity index (χ0n) is 10.8. The van der Waals surface area contributed by atoms with E-state index in [0.717, 1.165) is 19.3 Å². The molecule has 1 aliphatic carbocycles. The fourth-order valence-electron chi connectivity index (χ4n) is 3.12. The number of rotatable bonds is 3. The Morgan fingerprint density at radius 2 is 2.06 bits per heavy atom. The largest absolute Gasteiger partial charge is 0.339 e. The van der Waals surface area contributed by atoms with Gasteiger partial charge >= 0.3 is 0 Å². The third-order valence-electron chi connectivity index (χ3n) is 4.16. The molecule has 104 valence electrons. The number of nitrogens with two attached hydrogens (primary N) is 1. The first kappa shape index (κ1) is 13.8. The molecule has 0 bridgehead atoms. The molecular formula is C12H22N2O3S. The Bertz CT molecular complexity index is 421. The van der Waals surface area contributed by atoms with Crippen molar-refractivity contribution in [1.82, 2.24) is 4.90 Å². The molecule has 2 aliphatic rings. The van der Waals surface area contributed by atoms with Gasteiger partial charge in [0.1, 0.15) is 0 Å². The minimum atomic E-state index is -2.95. The van der Waals surface area contributed by atoms with Crippen molar-refractivity contribution >= 4 is 15.7 Å². The minimum absolute atomic E-state index is 0.0513. The Labute approximate surface area is 109 Å². The molecule has 1 aliphatic heterocycles. The van der Waals surface area contributed by atoms with Gasteiger partial charge in [-0.2, -0.15) is 0 Å². The summed E-state index contributed by atoms with van der Waals surface area (Å²) in [5, 5.41) is 0. The molecule has 3 unspecified atom stereocenters. The summed E-state index contributed by atoms with van der Waals surface area (Å²) in [5.74, 6) is 0.282. The monoisotopic (exact) mass is 274 g/mol. The van der Waals surface area contributed by atoms with Crippen molar-refractivity contribution in [3.05, 3.63) is 0 Å². The summed E-state index contributed by atoms with van der Waals surface area (Å²) in [6, 6.07) is -0.190. The zero-order valence-corrected chi connectivity index (χ0v) is 11.7. The molecule has 0 aromatic heterocycles. The van der Waals surface area contributed by atoms with Crippen LogP contribution in [0.5, 0.6) is 0 Å². The summed E-state index contributed by atoms with van der Waals surface area (Å²) in [6.07, 6.45) is 3.31. The van der Waals surface area contributed by atoms with Crippen LogP contribution >= 0.6 is 0 Å². The minimum Gasteiger partial charge on any atom is -0.339 e. The molecule has 2 N–H and O–H groups in total. The molecule has 1 saturated heterocycles. The molecule has 1 saturated carbocycles. The number of amides is 1. The third kappa shape index (κ3) is 2.69. The highest BCUT2D eigenvalue weighted by molar-refractivity contribution is 7.91. The average Bonchev–Trinajstić information content (AvgIpc) is 2.86. The number of sulfone groups is 1. The lowest BCUT2D eigenvalue weighted by molar-refractivity contribution is -0.137. The first-order valence-electron chi connectivity index (χ1n) is 6.71. The van der Waals surface area contributed by atoms with Gasteiger partial charge in [-0.25, -0.2) is 8.42 Å². The van der Waals surface area contributed by atoms with Crippen molar-refractivity contribution in [2.45, 2.75) is 44.7 Å². The van der Waals surface area contributed by atoms with Gasteiger partial charge in [-0.15, -0.1) is 0 Å². The van der Waals surface area contributed by atoms with Crippen molar-refractivity contribution in [2.75, 3.05) is 18.1 Å². The molecule has 0 aromatic rings. The highest BCUT2D eigenvalue weighted by Gasteiger charge is 2.39. The summed E-state index contributed by atoms with van der Waals surface area (Å²) >= 11 is 0. The fraction of sp³-hybridized carbons (Fsp3) is 0.917. The standard InChI is InChI=1S/C12H22N2O3S/c1-2-14(9-6-7-18(16,17)8-9)12(15)10-4-3-5-11(10)13/h9-11H,2-8,13H2,1H3. The van der Waals surface area contributed by atoms with E-state index < -0.39 is 9.84 Å². The topological polar surface area (TPSA) is 80.5 Å². The highest BCUT2D eigenvalue weighted by Crippen LogP contribution is 2.28. The predicted octanol–water partition coefficient (Wildman–Crippen LogP) is 0.149. The first-order valence-corrected chi connectivity index (χ1v) is 8.53. The van der Waals surface area contributed by atoms with E-state index in [9.17, 15) is 13.2 Å². The van der Waals surface area contributed by atoms with Crippen molar-refractivity contribution in [1.29, 1.82) is 0 Å². The lowest BCUT2D eigenvalue weighted by Gasteiger charge is -2.30. The van der Waals surface area contributed by atoms with Crippen molar-refractivity contribution in [3.8, 4) is 0 Å². The van der Waals surface area contributed by atoms with Gasteiger partial charge in [-0.3, -0.25) is 4.79 Å². The Morgan fingerprint density at radius 1 is 1.33 bits per heavy atom. The van der Waals surface area contributed by atoms with Gasteiger partial charge in [0.05, 0.1) is 17.4 Å². The van der Waals surface area contributed by atoms with E-state index in [1.807, 2.05) is 6.92 Å². The molecule has 0 aromatic carbocycles. The second-order valence-electron chi connectivity index (χ2n) is 5.38. The summed E-state index contributed by atoms with van der Waals surface area (Å²) in [5.41, 5.74) is 5.96. The van der Waals surface area contributed by atoms with Gasteiger partial charge in [0.15, 0.2) is 9.84 Å². The zero-order chi connectivity index (χ0) is 13.3. The molecule has 18 heavy (non-hydrogen) atoms. The maximum absolute atomic E-state index is 12.4. The van der Waals surface area contributed by atoms with Crippen molar-refractivity contribution in [2.24, 2.45) is 11.7 Å². The number of carbonyl (C=O) groups excluding carboxylic acids is 1. The fourth-order valence-corrected chi connectivity index (χ4v) is 4.85. The lowest BCUT2D eigenvalue weighted by Crippen LogP contribution is -2.47. The second kappa shape index (κ2) is 5.17. The normalized spacial score (nSPS) is 34.7. The van der Waals surface area contributed by atoms with Gasteiger partial charge < -0.3 is 10.6 Å². The van der Waals surface area contributed by atoms with E-state index in [1.165, 1.54) is 0 Å². The molecule has 1 amide bonds. The SMILES string of the molecule is CCN(C(=O)C1CCCC1N)C1CCS(=O)(=O)C1. The molecule has 0 spiro atoms. The lowest BCUT2D eigenvalue weighted by atomic mass is 10.0. The third-order valence-corrected chi connectivity index (χ3v) is 5.91. The second-order valence-corrected chi connectivity index (χ2v) is 7.61. The number of hydrogen-bond acceptors (Lipinski definition) is 4. The average molecular weight is 274 g/mol. The van der Waals surface area contributed by atoms with Crippen LogP contribution in [-0.4, -0.2) is 49.4 Å². The Balaban J connectivity index is 2.07. The van der Waals surface area contributed by atoms with Gasteiger partial charge in [0.25, 0.3) is 0 Å². The summed E-state index contributed by atoms with van der Waals surface area (Å²) in [7, 11) is -2.95. The van der Waals surface area contributed by atoms with Crippen LogP contribution in [0.25, 0.3) is 0 Å². The highest BCUT2D eigenvalue weighted by atomic mass is 32.2. The van der Waals surface area contributed by atoms with E-state index in [4.69, 9.17) is 5.73 Å². The van der Waals surface area contributed by atoms with Crippen LogP contribution in [0.15, 0.2) is 0 Å². The van der Waals surface area contributed by atoms with Gasteiger partial charge in [0, 0.05) is 18.6 Å². The maximum Gasteiger partial charge on any atom is 0.227 e. The summed E-state index contributed by atoms with van der Waals surface area (Å²) in [4.78, 5) is 14.2. The van der Waals surface area contributed by atoms with Gasteiger partial charge in [-0.1, -0.05) is 6.42 Å². The molecule has 6 heteroatoms. The van der Waals surface area contributed by atoms with Gasteiger partial charge in [0.2, 0.25) is 5.91 Å². The molecular weight excluding hydrogens is 252 g/mol. The summed E-state index contributed by atoms with van der Waals surface area (Å²) < 4.78 is 23.0. The van der Waals surface area contributed by atoms with E-state index in [-0.39, 0.29) is 35.4 Å². The van der Waals surface area contributed by atoms with Gasteiger partial charge in [-0.05, 0) is 26.2 Å². The summed E-state index contributed by atoms with van der Waals surface area (Å²) in [6.45, 7) is 2.48.